The van der Waals surface area contributed by atoms with Crippen molar-refractivity contribution in [3.63, 3.8) is 0 Å². The minimum Gasteiger partial charge on any atom is -0.399 e. The number of nitrogen functional groups attached to an aromatic ring is 1. The van der Waals surface area contributed by atoms with E-state index in [4.69, 9.17) is 5.73 Å². The van der Waals surface area contributed by atoms with E-state index in [-0.39, 0.29) is 0 Å². The first kappa shape index (κ1) is 9.88. The number of anilines is 1. The van der Waals surface area contributed by atoms with Crippen LogP contribution in [0.15, 0.2) is 24.3 Å². The molecule has 0 saturated carbocycles. The first-order valence-corrected chi connectivity index (χ1v) is 7.86. The van der Waals surface area contributed by atoms with Crippen molar-refractivity contribution in [1.29, 1.82) is 0 Å². The van der Waals surface area contributed by atoms with Gasteiger partial charge in [0.2, 0.25) is 0 Å². The lowest BCUT2D eigenvalue weighted by atomic mass is 10.2. The van der Waals surface area contributed by atoms with Gasteiger partial charge in [-0.3, -0.25) is 0 Å². The Kier molecular flexibility index (Phi) is 2.79. The highest BCUT2D eigenvalue weighted by Gasteiger charge is 2.07. The van der Waals surface area contributed by atoms with Crippen LogP contribution in [0.5, 0.6) is 0 Å². The van der Waals surface area contributed by atoms with Crippen molar-refractivity contribution in [3.8, 4) is 11.5 Å². The fourth-order valence-corrected chi connectivity index (χ4v) is 1.35. The smallest absolute Gasteiger partial charge is 0.129 e. The Hall–Kier alpha value is -1.20. The molecule has 0 aliphatic heterocycles. The van der Waals surface area contributed by atoms with Gasteiger partial charge in [-0.05, 0) is 24.3 Å². The molecule has 1 aromatic rings. The van der Waals surface area contributed by atoms with Crippen molar-refractivity contribution >= 4 is 13.8 Å². The molecule has 0 heterocycles. The predicted molar refractivity (Wildman–Crippen MR) is 61.1 cm³/mol. The standard InChI is InChI=1S/C11H15NSi/c1-13(2,3)9-8-10-4-6-11(12)7-5-10/h4-7H,12H2,1-3H3. The van der Waals surface area contributed by atoms with Gasteiger partial charge in [-0.25, -0.2) is 0 Å². The van der Waals surface area contributed by atoms with Crippen LogP contribution < -0.4 is 5.73 Å². The van der Waals surface area contributed by atoms with Gasteiger partial charge >= 0.3 is 0 Å². The van der Waals surface area contributed by atoms with Crippen molar-refractivity contribution in [1.82, 2.24) is 0 Å². The van der Waals surface area contributed by atoms with Crippen LogP contribution in [-0.2, 0) is 0 Å². The molecule has 0 spiro atoms. The molecule has 0 unspecified atom stereocenters. The molecule has 0 aliphatic carbocycles. The Morgan fingerprint density at radius 2 is 1.62 bits per heavy atom. The lowest BCUT2D eigenvalue weighted by Crippen LogP contribution is -2.16. The number of hydrogen-bond acceptors (Lipinski definition) is 1. The number of benzene rings is 1. The number of nitrogens with two attached hydrogens (primary N) is 1. The molecule has 0 radical (unpaired) electrons. The monoisotopic (exact) mass is 189 g/mol. The van der Waals surface area contributed by atoms with Crippen molar-refractivity contribution < 1.29 is 0 Å². The van der Waals surface area contributed by atoms with E-state index in [0.29, 0.717) is 0 Å². The summed E-state index contributed by atoms with van der Waals surface area (Å²) < 4.78 is 0. The van der Waals surface area contributed by atoms with Crippen LogP contribution in [0.4, 0.5) is 5.69 Å². The zero-order valence-corrected chi connectivity index (χ0v) is 9.39. The third-order valence-corrected chi connectivity index (χ3v) is 2.37. The van der Waals surface area contributed by atoms with Gasteiger partial charge in [0.25, 0.3) is 0 Å². The van der Waals surface area contributed by atoms with Gasteiger partial charge in [0.05, 0.1) is 0 Å². The van der Waals surface area contributed by atoms with Crippen LogP contribution >= 0.6 is 0 Å². The zero-order chi connectivity index (χ0) is 9.90. The summed E-state index contributed by atoms with van der Waals surface area (Å²) in [4.78, 5) is 0. The van der Waals surface area contributed by atoms with E-state index < -0.39 is 8.07 Å². The van der Waals surface area contributed by atoms with E-state index >= 15 is 0 Å². The Morgan fingerprint density at radius 3 is 2.08 bits per heavy atom. The van der Waals surface area contributed by atoms with E-state index in [9.17, 15) is 0 Å². The molecule has 0 saturated heterocycles. The largest absolute Gasteiger partial charge is 0.399 e. The minimum absolute atomic E-state index is 0.790. The predicted octanol–water partition coefficient (Wildman–Crippen LogP) is 2.50. The molecule has 0 atom stereocenters. The molecule has 0 fully saturated rings. The summed E-state index contributed by atoms with van der Waals surface area (Å²) in [5.74, 6) is 3.17. The molecular weight excluding hydrogens is 174 g/mol. The maximum Gasteiger partial charge on any atom is 0.129 e. The second-order valence-electron chi connectivity index (χ2n) is 4.12. The summed E-state index contributed by atoms with van der Waals surface area (Å²) in [5, 5.41) is 0. The van der Waals surface area contributed by atoms with Gasteiger partial charge in [-0.1, -0.05) is 25.6 Å². The highest BCUT2D eigenvalue weighted by Crippen LogP contribution is 2.04. The Labute approximate surface area is 81.0 Å². The molecule has 0 aromatic heterocycles. The normalized spacial score (nSPS) is 10.4. The summed E-state index contributed by atoms with van der Waals surface area (Å²) in [6.45, 7) is 6.70. The van der Waals surface area contributed by atoms with Crippen LogP contribution in [0.2, 0.25) is 19.6 Å². The average Bonchev–Trinajstić information content (AvgIpc) is 2.02. The molecule has 68 valence electrons. The van der Waals surface area contributed by atoms with Crippen molar-refractivity contribution in [3.05, 3.63) is 29.8 Å². The Morgan fingerprint density at radius 1 is 1.08 bits per heavy atom. The third kappa shape index (κ3) is 3.82. The molecule has 0 amide bonds. The fraction of sp³-hybridized carbons (Fsp3) is 0.273. The summed E-state index contributed by atoms with van der Waals surface area (Å²) in [5.41, 5.74) is 10.7. The first-order valence-electron chi connectivity index (χ1n) is 4.36. The Balaban J connectivity index is 2.85. The molecule has 1 aromatic carbocycles. The van der Waals surface area contributed by atoms with Crippen LogP contribution in [-0.4, -0.2) is 8.07 Å². The number of hydrogen-bond donors (Lipinski definition) is 1. The van der Waals surface area contributed by atoms with Gasteiger partial charge in [-0.2, -0.15) is 0 Å². The van der Waals surface area contributed by atoms with E-state index in [2.05, 4.69) is 31.1 Å². The van der Waals surface area contributed by atoms with Crippen LogP contribution in [0, 0.1) is 11.5 Å². The van der Waals surface area contributed by atoms with Crippen molar-refractivity contribution in [2.24, 2.45) is 0 Å². The maximum absolute atomic E-state index is 5.57. The zero-order valence-electron chi connectivity index (χ0n) is 8.39. The van der Waals surface area contributed by atoms with E-state index in [0.717, 1.165) is 11.3 Å². The summed E-state index contributed by atoms with van der Waals surface area (Å²) >= 11 is 0. The van der Waals surface area contributed by atoms with Gasteiger partial charge in [-0.15, -0.1) is 5.54 Å². The molecule has 2 N–H and O–H groups in total. The second-order valence-corrected chi connectivity index (χ2v) is 8.87. The van der Waals surface area contributed by atoms with Gasteiger partial charge < -0.3 is 5.73 Å². The first-order chi connectivity index (χ1) is 5.97. The van der Waals surface area contributed by atoms with E-state index in [1.807, 2.05) is 24.3 Å². The SMILES string of the molecule is C[Si](C)(C)C#Cc1ccc(N)cc1. The summed E-state index contributed by atoms with van der Waals surface area (Å²) in [6, 6.07) is 7.69. The highest BCUT2D eigenvalue weighted by atomic mass is 28.3. The minimum atomic E-state index is -1.25. The highest BCUT2D eigenvalue weighted by molar-refractivity contribution is 6.83. The molecule has 0 aliphatic rings. The Bertz CT molecular complexity index is 335. The second kappa shape index (κ2) is 3.67. The number of rotatable bonds is 0. The molecular formula is C11H15NSi. The summed E-state index contributed by atoms with van der Waals surface area (Å²) in [6.07, 6.45) is 0. The topological polar surface area (TPSA) is 26.0 Å². The van der Waals surface area contributed by atoms with Gasteiger partial charge in [0, 0.05) is 11.3 Å². The molecule has 13 heavy (non-hydrogen) atoms. The van der Waals surface area contributed by atoms with Crippen LogP contribution in [0.3, 0.4) is 0 Å². The molecule has 0 bridgehead atoms. The van der Waals surface area contributed by atoms with Crippen LogP contribution in [0.25, 0.3) is 0 Å². The average molecular weight is 189 g/mol. The lowest BCUT2D eigenvalue weighted by molar-refractivity contribution is 1.63. The molecule has 1 rings (SSSR count). The van der Waals surface area contributed by atoms with Crippen molar-refractivity contribution in [2.75, 3.05) is 5.73 Å². The van der Waals surface area contributed by atoms with Crippen LogP contribution in [0.1, 0.15) is 5.56 Å². The lowest BCUT2D eigenvalue weighted by Gasteiger charge is -2.03. The maximum atomic E-state index is 5.57. The quantitative estimate of drug-likeness (QED) is 0.379. The third-order valence-electron chi connectivity index (χ3n) is 1.49. The van der Waals surface area contributed by atoms with Gasteiger partial charge in [0.1, 0.15) is 8.07 Å². The molecule has 2 heteroatoms. The fourth-order valence-electron chi connectivity index (χ4n) is 0.826. The van der Waals surface area contributed by atoms with E-state index in [1.165, 1.54) is 0 Å². The summed E-state index contributed by atoms with van der Waals surface area (Å²) in [7, 11) is -1.25. The van der Waals surface area contributed by atoms with Gasteiger partial charge in [0.15, 0.2) is 0 Å². The molecule has 1 nitrogen and oxygen atoms in total. The van der Waals surface area contributed by atoms with Crippen molar-refractivity contribution in [2.45, 2.75) is 19.6 Å². The van der Waals surface area contributed by atoms with E-state index in [1.54, 1.807) is 0 Å².